The first kappa shape index (κ1) is 10.1. The molecule has 0 aliphatic rings. The molecular weight excluding hydrogens is 143 g/mol. The Morgan fingerprint density at radius 1 is 1.10 bits per heavy atom. The van der Waals surface area contributed by atoms with Crippen LogP contribution in [0.25, 0.3) is 0 Å². The second-order valence-corrected chi connectivity index (χ2v) is 6.28. The Bertz CT molecular complexity index is 122. The summed E-state index contributed by atoms with van der Waals surface area (Å²) < 4.78 is 10.7. The van der Waals surface area contributed by atoms with Crippen LogP contribution in [0.15, 0.2) is 0 Å². The van der Waals surface area contributed by atoms with E-state index in [1.807, 2.05) is 13.8 Å². The van der Waals surface area contributed by atoms with Crippen LogP contribution in [-0.4, -0.2) is 5.16 Å². The van der Waals surface area contributed by atoms with E-state index < -0.39 is 0 Å². The minimum atomic E-state index is -0.192. The van der Waals surface area contributed by atoms with E-state index in [-0.39, 0.29) is 13.6 Å². The number of hydrogen-bond acceptors (Lipinski definition) is 1. The van der Waals surface area contributed by atoms with Gasteiger partial charge in [0.1, 0.15) is 0 Å². The van der Waals surface area contributed by atoms with Crippen LogP contribution in [0.5, 0.6) is 0 Å². The maximum atomic E-state index is 10.7. The van der Waals surface area contributed by atoms with Crippen molar-refractivity contribution in [1.29, 1.82) is 0 Å². The summed E-state index contributed by atoms with van der Waals surface area (Å²) in [5, 5.41) is -0.00174. The Kier molecular flexibility index (Phi) is 3.03. The molecule has 0 aromatic carbocycles. The van der Waals surface area contributed by atoms with Gasteiger partial charge in [0.05, 0.1) is 0 Å². The molecule has 0 N–H and O–H groups in total. The lowest BCUT2D eigenvalue weighted by atomic mass is 9.86. The standard InChI is InChI=1S/C8H17OP/c1-7(2,3)6-8(4,5)10-9/h6H2,1-5H3/p+1. The van der Waals surface area contributed by atoms with Crippen molar-refractivity contribution in [3.05, 3.63) is 0 Å². The van der Waals surface area contributed by atoms with Crippen LogP contribution in [0.1, 0.15) is 41.0 Å². The minimum absolute atomic E-state index is 0.00174. The second-order valence-electron chi connectivity index (χ2n) is 4.72. The summed E-state index contributed by atoms with van der Waals surface area (Å²) in [6, 6.07) is 0. The topological polar surface area (TPSA) is 17.1 Å². The molecule has 0 saturated heterocycles. The zero-order valence-electron chi connectivity index (χ0n) is 7.62. The van der Waals surface area contributed by atoms with Crippen LogP contribution < -0.4 is 0 Å². The lowest BCUT2D eigenvalue weighted by Crippen LogP contribution is -2.20. The van der Waals surface area contributed by atoms with E-state index in [2.05, 4.69) is 20.8 Å². The normalized spacial score (nSPS) is 14.1. The summed E-state index contributed by atoms with van der Waals surface area (Å²) >= 11 is 0. The van der Waals surface area contributed by atoms with Gasteiger partial charge in [0, 0.05) is 6.42 Å². The summed E-state index contributed by atoms with van der Waals surface area (Å²) in [6.45, 7) is 10.6. The maximum Gasteiger partial charge on any atom is 0.330 e. The first-order valence-electron chi connectivity index (χ1n) is 3.66. The minimum Gasteiger partial charge on any atom is -0.0769 e. The van der Waals surface area contributed by atoms with Gasteiger partial charge in [-0.25, -0.2) is 0 Å². The summed E-state index contributed by atoms with van der Waals surface area (Å²) in [7, 11) is -0.192. The largest absolute Gasteiger partial charge is 0.330 e. The lowest BCUT2D eigenvalue weighted by molar-refractivity contribution is 0.334. The fourth-order valence-electron chi connectivity index (χ4n) is 1.36. The Morgan fingerprint density at radius 3 is 1.60 bits per heavy atom. The smallest absolute Gasteiger partial charge is 0.0769 e. The quantitative estimate of drug-likeness (QED) is 0.568. The summed E-state index contributed by atoms with van der Waals surface area (Å²) in [5.74, 6) is 0. The van der Waals surface area contributed by atoms with Gasteiger partial charge in [-0.3, -0.25) is 0 Å². The van der Waals surface area contributed by atoms with Gasteiger partial charge in [-0.1, -0.05) is 25.3 Å². The molecule has 1 unspecified atom stereocenters. The third-order valence-corrected chi connectivity index (χ3v) is 1.98. The van der Waals surface area contributed by atoms with Gasteiger partial charge in [0.25, 0.3) is 0 Å². The van der Waals surface area contributed by atoms with Crippen LogP contribution >= 0.6 is 8.46 Å². The van der Waals surface area contributed by atoms with Crippen LogP contribution in [0.2, 0.25) is 0 Å². The van der Waals surface area contributed by atoms with Gasteiger partial charge < -0.3 is 0 Å². The van der Waals surface area contributed by atoms with E-state index in [0.29, 0.717) is 5.41 Å². The molecule has 10 heavy (non-hydrogen) atoms. The fourth-order valence-corrected chi connectivity index (χ4v) is 1.96. The van der Waals surface area contributed by atoms with Crippen LogP contribution in [0.4, 0.5) is 0 Å². The van der Waals surface area contributed by atoms with Gasteiger partial charge >= 0.3 is 8.46 Å². The highest BCUT2D eigenvalue weighted by atomic mass is 31.1. The molecule has 0 aromatic rings. The van der Waals surface area contributed by atoms with Crippen LogP contribution in [0, 0.1) is 5.41 Å². The molecule has 0 fully saturated rings. The first-order valence-corrected chi connectivity index (χ1v) is 4.57. The van der Waals surface area contributed by atoms with E-state index in [9.17, 15) is 4.57 Å². The van der Waals surface area contributed by atoms with Crippen molar-refractivity contribution in [2.24, 2.45) is 5.41 Å². The zero-order chi connectivity index (χ0) is 8.41. The monoisotopic (exact) mass is 161 g/mol. The molecule has 0 aromatic heterocycles. The Hall–Kier alpha value is 0.100. The molecule has 0 saturated carbocycles. The van der Waals surface area contributed by atoms with E-state index in [1.54, 1.807) is 0 Å². The molecule has 2 heteroatoms. The molecule has 0 rings (SSSR count). The summed E-state index contributed by atoms with van der Waals surface area (Å²) in [5.41, 5.74) is 0.293. The van der Waals surface area contributed by atoms with Crippen molar-refractivity contribution in [2.75, 3.05) is 0 Å². The van der Waals surface area contributed by atoms with Gasteiger partial charge in [-0.05, 0) is 19.3 Å². The SMILES string of the molecule is CC(C)(C)CC(C)(C)[PH+]=O. The highest BCUT2D eigenvalue weighted by molar-refractivity contribution is 7.25. The molecule has 60 valence electrons. The van der Waals surface area contributed by atoms with Crippen molar-refractivity contribution in [1.82, 2.24) is 0 Å². The predicted octanol–water partition coefficient (Wildman–Crippen LogP) is 3.23. The van der Waals surface area contributed by atoms with Crippen molar-refractivity contribution in [2.45, 2.75) is 46.2 Å². The van der Waals surface area contributed by atoms with Crippen molar-refractivity contribution >= 4 is 8.46 Å². The average Bonchev–Trinajstić information content (AvgIpc) is 1.60. The molecular formula is C8H18OP+. The fraction of sp³-hybridized carbons (Fsp3) is 1.00. The van der Waals surface area contributed by atoms with Gasteiger partial charge in [0.15, 0.2) is 5.16 Å². The summed E-state index contributed by atoms with van der Waals surface area (Å²) in [4.78, 5) is 0. The summed E-state index contributed by atoms with van der Waals surface area (Å²) in [6.07, 6.45) is 1.02. The second kappa shape index (κ2) is 3.00. The van der Waals surface area contributed by atoms with E-state index in [0.717, 1.165) is 6.42 Å². The van der Waals surface area contributed by atoms with E-state index >= 15 is 0 Å². The molecule has 0 aliphatic heterocycles. The van der Waals surface area contributed by atoms with Gasteiger partial charge in [0.2, 0.25) is 0 Å². The van der Waals surface area contributed by atoms with Gasteiger partial charge in [-0.2, -0.15) is 0 Å². The first-order chi connectivity index (χ1) is 4.27. The highest BCUT2D eigenvalue weighted by Crippen LogP contribution is 2.35. The number of rotatable bonds is 2. The lowest BCUT2D eigenvalue weighted by Gasteiger charge is -2.22. The van der Waals surface area contributed by atoms with Gasteiger partial charge in [-0.15, -0.1) is 0 Å². The molecule has 0 spiro atoms. The Balaban J connectivity index is 4.01. The molecule has 0 bridgehead atoms. The van der Waals surface area contributed by atoms with E-state index in [1.165, 1.54) is 0 Å². The van der Waals surface area contributed by atoms with Crippen LogP contribution in [-0.2, 0) is 4.57 Å². The van der Waals surface area contributed by atoms with Crippen molar-refractivity contribution in [3.8, 4) is 0 Å². The zero-order valence-corrected chi connectivity index (χ0v) is 8.62. The molecule has 0 heterocycles. The van der Waals surface area contributed by atoms with Crippen molar-refractivity contribution < 1.29 is 4.57 Å². The third-order valence-electron chi connectivity index (χ3n) is 1.25. The maximum absolute atomic E-state index is 10.7. The Labute approximate surface area is 65.4 Å². The molecule has 1 atom stereocenters. The predicted molar refractivity (Wildman–Crippen MR) is 47.2 cm³/mol. The third kappa shape index (κ3) is 4.93. The average molecular weight is 161 g/mol. The highest BCUT2D eigenvalue weighted by Gasteiger charge is 2.31. The van der Waals surface area contributed by atoms with Crippen molar-refractivity contribution in [3.63, 3.8) is 0 Å². The molecule has 0 aliphatic carbocycles. The number of hydrogen-bond donors (Lipinski definition) is 0. The van der Waals surface area contributed by atoms with Crippen LogP contribution in [0.3, 0.4) is 0 Å². The van der Waals surface area contributed by atoms with E-state index in [4.69, 9.17) is 0 Å². The molecule has 1 nitrogen and oxygen atoms in total. The molecule has 0 amide bonds. The Morgan fingerprint density at radius 2 is 1.50 bits per heavy atom. The molecule has 0 radical (unpaired) electrons.